The summed E-state index contributed by atoms with van der Waals surface area (Å²) in [4.78, 5) is 20.5. The van der Waals surface area contributed by atoms with Gasteiger partial charge in [-0.15, -0.1) is 0 Å². The molecule has 0 radical (unpaired) electrons. The first kappa shape index (κ1) is 17.0. The molecule has 0 amide bonds. The zero-order chi connectivity index (χ0) is 17.6. The fourth-order valence-electron chi connectivity index (χ4n) is 1.80. The summed E-state index contributed by atoms with van der Waals surface area (Å²) in [6, 6.07) is 2.12. The van der Waals surface area contributed by atoms with E-state index in [4.69, 9.17) is 9.66 Å². The summed E-state index contributed by atoms with van der Waals surface area (Å²) in [6.45, 7) is -0.616. The summed E-state index contributed by atoms with van der Waals surface area (Å²) >= 11 is 0. The molecule has 0 fully saturated rings. The summed E-state index contributed by atoms with van der Waals surface area (Å²) in [7, 11) is -9.71. The summed E-state index contributed by atoms with van der Waals surface area (Å²) < 4.78 is 63.0. The molecule has 1 aromatic rings. The summed E-state index contributed by atoms with van der Waals surface area (Å²) in [5.74, 6) is -2.53. The van der Waals surface area contributed by atoms with Crippen molar-refractivity contribution >= 4 is 43.4 Å². The first-order valence-electron chi connectivity index (χ1n) is 5.63. The second kappa shape index (κ2) is 5.38. The van der Waals surface area contributed by atoms with Gasteiger partial charge < -0.3 is 5.11 Å². The summed E-state index contributed by atoms with van der Waals surface area (Å²) in [5.41, 5.74) is -1.27. The van der Waals surface area contributed by atoms with Crippen LogP contribution in [-0.2, 0) is 29.8 Å². The number of carbonyl (C=O) groups excluding carboxylic acids is 1. The minimum atomic E-state index is -4.95. The van der Waals surface area contributed by atoms with Gasteiger partial charge in [-0.1, -0.05) is 0 Å². The van der Waals surface area contributed by atoms with E-state index in [1.807, 2.05) is 0 Å². The lowest BCUT2D eigenvalue weighted by Crippen LogP contribution is -2.23. The van der Waals surface area contributed by atoms with Gasteiger partial charge in [-0.2, -0.15) is 21.9 Å². The second-order valence-electron chi connectivity index (χ2n) is 4.31. The van der Waals surface area contributed by atoms with Gasteiger partial charge in [0.05, 0.1) is 10.6 Å². The standard InChI is InChI=1S/C10H8N2O9S2/c13-7-4-12(11-9(7)10(14)15)6-2-1-5(22(16,17)18)3-8(6)23(19,20)21/h1-3H,4H2,(H,14,15)(H,16,17,18)(H,19,20,21). The molecule has 0 spiro atoms. The van der Waals surface area contributed by atoms with Crippen molar-refractivity contribution in [1.29, 1.82) is 0 Å². The lowest BCUT2D eigenvalue weighted by Gasteiger charge is -2.16. The average Bonchev–Trinajstić information content (AvgIpc) is 2.78. The maximum absolute atomic E-state index is 11.5. The van der Waals surface area contributed by atoms with Crippen molar-refractivity contribution in [2.24, 2.45) is 5.10 Å². The zero-order valence-electron chi connectivity index (χ0n) is 10.9. The van der Waals surface area contributed by atoms with Crippen molar-refractivity contribution < 1.29 is 40.6 Å². The minimum Gasteiger partial charge on any atom is -0.476 e. The van der Waals surface area contributed by atoms with Crippen molar-refractivity contribution in [3.8, 4) is 0 Å². The van der Waals surface area contributed by atoms with Crippen molar-refractivity contribution in [2.45, 2.75) is 9.79 Å². The normalized spacial score (nSPS) is 15.7. The molecule has 0 saturated heterocycles. The van der Waals surface area contributed by atoms with Crippen LogP contribution in [0.1, 0.15) is 0 Å². The number of benzene rings is 1. The Hall–Kier alpha value is -2.35. The molecular formula is C10H8N2O9S2. The lowest BCUT2D eigenvalue weighted by atomic mass is 10.2. The SMILES string of the molecule is O=C(O)C1=NN(c2ccc(S(=O)(=O)O)cc2S(=O)(=O)O)CC1=O. The Kier molecular flexibility index (Phi) is 3.98. The fraction of sp³-hybridized carbons (Fsp3) is 0.100. The van der Waals surface area contributed by atoms with Crippen LogP contribution in [0.3, 0.4) is 0 Å². The number of anilines is 1. The van der Waals surface area contributed by atoms with Crippen LogP contribution in [0.25, 0.3) is 0 Å². The van der Waals surface area contributed by atoms with E-state index in [1.54, 1.807) is 0 Å². The first-order valence-corrected chi connectivity index (χ1v) is 8.51. The van der Waals surface area contributed by atoms with Gasteiger partial charge in [-0.05, 0) is 18.2 Å². The smallest absolute Gasteiger partial charge is 0.360 e. The largest absolute Gasteiger partial charge is 0.476 e. The first-order chi connectivity index (χ1) is 10.4. The van der Waals surface area contributed by atoms with E-state index in [9.17, 15) is 31.0 Å². The highest BCUT2D eigenvalue weighted by atomic mass is 32.2. The topological polar surface area (TPSA) is 179 Å². The molecule has 124 valence electrons. The van der Waals surface area contributed by atoms with Gasteiger partial charge in [0.25, 0.3) is 20.2 Å². The Balaban J connectivity index is 2.65. The van der Waals surface area contributed by atoms with Gasteiger partial charge in [0.15, 0.2) is 0 Å². The van der Waals surface area contributed by atoms with E-state index >= 15 is 0 Å². The number of carboxylic acid groups (broad SMARTS) is 1. The van der Waals surface area contributed by atoms with Gasteiger partial charge in [-0.3, -0.25) is 18.9 Å². The van der Waals surface area contributed by atoms with Crippen molar-refractivity contribution in [2.75, 3.05) is 11.6 Å². The number of Topliss-reactive ketones (excluding diaryl/α,β-unsaturated/α-hetero) is 1. The molecule has 2 rings (SSSR count). The van der Waals surface area contributed by atoms with Gasteiger partial charge >= 0.3 is 5.97 Å². The number of carbonyl (C=O) groups is 2. The molecule has 1 heterocycles. The Morgan fingerprint density at radius 2 is 1.74 bits per heavy atom. The Labute approximate surface area is 129 Å². The number of nitrogens with zero attached hydrogens (tertiary/aromatic N) is 2. The van der Waals surface area contributed by atoms with Crippen molar-refractivity contribution in [1.82, 2.24) is 0 Å². The maximum atomic E-state index is 11.5. The van der Waals surface area contributed by atoms with E-state index in [1.165, 1.54) is 0 Å². The highest BCUT2D eigenvalue weighted by Crippen LogP contribution is 2.29. The molecule has 0 aromatic heterocycles. The fourth-order valence-corrected chi connectivity index (χ4v) is 3.09. The summed E-state index contributed by atoms with van der Waals surface area (Å²) in [6.07, 6.45) is 0. The van der Waals surface area contributed by atoms with Crippen molar-refractivity contribution in [3.05, 3.63) is 18.2 Å². The number of carboxylic acids is 1. The van der Waals surface area contributed by atoms with Gasteiger partial charge in [0, 0.05) is 0 Å². The van der Waals surface area contributed by atoms with Crippen LogP contribution in [0, 0.1) is 0 Å². The monoisotopic (exact) mass is 364 g/mol. The van der Waals surface area contributed by atoms with Crippen LogP contribution in [0.5, 0.6) is 0 Å². The van der Waals surface area contributed by atoms with E-state index < -0.39 is 59.7 Å². The van der Waals surface area contributed by atoms with Gasteiger partial charge in [0.1, 0.15) is 11.4 Å². The molecule has 3 N–H and O–H groups in total. The minimum absolute atomic E-state index is 0.426. The maximum Gasteiger partial charge on any atom is 0.360 e. The Morgan fingerprint density at radius 3 is 2.17 bits per heavy atom. The zero-order valence-corrected chi connectivity index (χ0v) is 12.6. The number of rotatable bonds is 4. The molecule has 0 unspecified atom stereocenters. The molecule has 23 heavy (non-hydrogen) atoms. The van der Waals surface area contributed by atoms with E-state index in [0.717, 1.165) is 12.1 Å². The van der Waals surface area contributed by atoms with E-state index in [0.29, 0.717) is 11.1 Å². The third-order valence-corrected chi connectivity index (χ3v) is 4.50. The molecule has 1 aromatic carbocycles. The molecule has 0 aliphatic carbocycles. The third kappa shape index (κ3) is 3.37. The van der Waals surface area contributed by atoms with Crippen molar-refractivity contribution in [3.63, 3.8) is 0 Å². The quantitative estimate of drug-likeness (QED) is 0.561. The van der Waals surface area contributed by atoms with Crippen LogP contribution in [0.2, 0.25) is 0 Å². The summed E-state index contributed by atoms with van der Waals surface area (Å²) in [5, 5.41) is 12.9. The van der Waals surface area contributed by atoms with E-state index in [2.05, 4.69) is 5.10 Å². The molecule has 1 aliphatic rings. The van der Waals surface area contributed by atoms with Gasteiger partial charge in [-0.25, -0.2) is 4.79 Å². The van der Waals surface area contributed by atoms with Gasteiger partial charge in [0.2, 0.25) is 11.5 Å². The number of hydrazone groups is 1. The van der Waals surface area contributed by atoms with Crippen LogP contribution in [-0.4, -0.2) is 55.1 Å². The number of ketones is 1. The molecule has 0 bridgehead atoms. The predicted molar refractivity (Wildman–Crippen MR) is 73.5 cm³/mol. The van der Waals surface area contributed by atoms with Crippen LogP contribution in [0.4, 0.5) is 5.69 Å². The average molecular weight is 364 g/mol. The highest BCUT2D eigenvalue weighted by molar-refractivity contribution is 7.86. The Morgan fingerprint density at radius 1 is 1.13 bits per heavy atom. The third-order valence-electron chi connectivity index (χ3n) is 2.77. The molecule has 0 atom stereocenters. The molecule has 13 heteroatoms. The van der Waals surface area contributed by atoms with Crippen LogP contribution >= 0.6 is 0 Å². The second-order valence-corrected chi connectivity index (χ2v) is 7.13. The molecule has 1 aliphatic heterocycles. The number of aliphatic carboxylic acids is 1. The number of hydrogen-bond acceptors (Lipinski definition) is 8. The molecule has 0 saturated carbocycles. The number of hydrogen-bond donors (Lipinski definition) is 3. The van der Waals surface area contributed by atoms with Crippen LogP contribution in [0.15, 0.2) is 33.1 Å². The molecule has 11 nitrogen and oxygen atoms in total. The molecular weight excluding hydrogens is 356 g/mol. The lowest BCUT2D eigenvalue weighted by molar-refractivity contribution is -0.130. The van der Waals surface area contributed by atoms with E-state index in [-0.39, 0.29) is 0 Å². The Bertz CT molecular complexity index is 947. The van der Waals surface area contributed by atoms with Crippen LogP contribution < -0.4 is 5.01 Å². The highest BCUT2D eigenvalue weighted by Gasteiger charge is 2.33. The predicted octanol–water partition coefficient (Wildman–Crippen LogP) is -0.990.